The van der Waals surface area contributed by atoms with E-state index in [1.54, 1.807) is 41.9 Å². The highest BCUT2D eigenvalue weighted by molar-refractivity contribution is 7.90. The van der Waals surface area contributed by atoms with Crippen molar-refractivity contribution >= 4 is 38.1 Å². The molecule has 0 atom stereocenters. The first-order valence-electron chi connectivity index (χ1n) is 14.3. The minimum Gasteiger partial charge on any atom is -0.457 e. The van der Waals surface area contributed by atoms with Crippen molar-refractivity contribution in [1.82, 2.24) is 19.8 Å². The molecular formula is C32H35N5O5S2. The quantitative estimate of drug-likeness (QED) is 0.272. The number of carbonyl (C=O) groups excluding carboxylic acids is 2. The summed E-state index contributed by atoms with van der Waals surface area (Å²) >= 11 is 1.26. The standard InChI is InChI=1S/C32H35N5O5S2/c1-21(2)36-12-14-37(15-13-36)29(38)19-25-20-43-32(34-25)35-31(39)24-16-23(30-22(3)6-5-11-33-30)17-27(18-24)42-26-7-9-28(10-8-26)44(4,40)41/h5-11,16-18,20-21H,12-15,19H2,1-4H3,(H,34,35,39). The van der Waals surface area contributed by atoms with E-state index in [1.165, 1.54) is 23.5 Å². The van der Waals surface area contributed by atoms with E-state index in [4.69, 9.17) is 4.74 Å². The molecule has 10 nitrogen and oxygen atoms in total. The lowest BCUT2D eigenvalue weighted by Crippen LogP contribution is -2.51. The summed E-state index contributed by atoms with van der Waals surface area (Å²) in [6, 6.07) is 15.4. The maximum Gasteiger partial charge on any atom is 0.257 e. The van der Waals surface area contributed by atoms with Gasteiger partial charge in [0.1, 0.15) is 11.5 Å². The van der Waals surface area contributed by atoms with Crippen LogP contribution in [0.2, 0.25) is 0 Å². The van der Waals surface area contributed by atoms with Crippen molar-refractivity contribution in [3.8, 4) is 22.8 Å². The molecule has 1 N–H and O–H groups in total. The average Bonchev–Trinajstić information content (AvgIpc) is 3.43. The third-order valence-corrected chi connectivity index (χ3v) is 9.38. The first-order chi connectivity index (χ1) is 21.0. The van der Waals surface area contributed by atoms with Crippen LogP contribution in [-0.2, 0) is 21.1 Å². The van der Waals surface area contributed by atoms with Gasteiger partial charge in [0.05, 0.1) is 22.7 Å². The van der Waals surface area contributed by atoms with Crippen LogP contribution >= 0.6 is 11.3 Å². The number of nitrogens with zero attached hydrogens (tertiary/aromatic N) is 4. The number of pyridine rings is 1. The summed E-state index contributed by atoms with van der Waals surface area (Å²) < 4.78 is 29.7. The summed E-state index contributed by atoms with van der Waals surface area (Å²) in [7, 11) is -3.35. The molecule has 2 aromatic carbocycles. The molecule has 12 heteroatoms. The van der Waals surface area contributed by atoms with E-state index in [-0.39, 0.29) is 17.2 Å². The van der Waals surface area contributed by atoms with Gasteiger partial charge in [-0.25, -0.2) is 13.4 Å². The number of thiazole rings is 1. The summed E-state index contributed by atoms with van der Waals surface area (Å²) in [4.78, 5) is 39.7. The molecule has 0 unspecified atom stereocenters. The van der Waals surface area contributed by atoms with E-state index in [0.717, 1.165) is 24.9 Å². The molecule has 3 heterocycles. The Kier molecular flexibility index (Phi) is 9.42. The number of ether oxygens (including phenoxy) is 1. The molecule has 5 rings (SSSR count). The van der Waals surface area contributed by atoms with E-state index >= 15 is 0 Å². The lowest BCUT2D eigenvalue weighted by Gasteiger charge is -2.36. The largest absolute Gasteiger partial charge is 0.457 e. The number of aryl methyl sites for hydroxylation is 1. The van der Waals surface area contributed by atoms with Crippen LogP contribution in [-0.4, -0.2) is 78.5 Å². The van der Waals surface area contributed by atoms with Crippen LogP contribution < -0.4 is 10.1 Å². The molecule has 2 aromatic heterocycles. The first-order valence-corrected chi connectivity index (χ1v) is 17.1. The highest BCUT2D eigenvalue weighted by Crippen LogP contribution is 2.31. The molecule has 0 bridgehead atoms. The van der Waals surface area contributed by atoms with Gasteiger partial charge in [0.2, 0.25) is 5.91 Å². The van der Waals surface area contributed by atoms with Crippen molar-refractivity contribution in [2.45, 2.75) is 38.1 Å². The molecule has 1 aliphatic rings. The highest BCUT2D eigenvalue weighted by Gasteiger charge is 2.23. The molecule has 1 aliphatic heterocycles. The van der Waals surface area contributed by atoms with Crippen LogP contribution in [0.4, 0.5) is 5.13 Å². The fourth-order valence-electron chi connectivity index (χ4n) is 4.97. The molecule has 0 spiro atoms. The van der Waals surface area contributed by atoms with Crippen LogP contribution in [0.25, 0.3) is 11.3 Å². The summed E-state index contributed by atoms with van der Waals surface area (Å²) in [6.45, 7) is 9.36. The molecule has 4 aromatic rings. The van der Waals surface area contributed by atoms with Crippen LogP contribution in [0.3, 0.4) is 0 Å². The molecule has 1 saturated heterocycles. The lowest BCUT2D eigenvalue weighted by atomic mass is 10.0. The van der Waals surface area contributed by atoms with Gasteiger partial charge in [0.15, 0.2) is 15.0 Å². The lowest BCUT2D eigenvalue weighted by molar-refractivity contribution is -0.132. The number of piperazine rings is 1. The maximum atomic E-state index is 13.4. The average molecular weight is 634 g/mol. The minimum absolute atomic E-state index is 0.0291. The Morgan fingerprint density at radius 3 is 2.41 bits per heavy atom. The number of hydrogen-bond donors (Lipinski definition) is 1. The topological polar surface area (TPSA) is 122 Å². The van der Waals surface area contributed by atoms with Crippen LogP contribution in [0.15, 0.2) is 71.1 Å². The van der Waals surface area contributed by atoms with Gasteiger partial charge in [-0.1, -0.05) is 6.07 Å². The number of hydrogen-bond acceptors (Lipinski definition) is 9. The summed E-state index contributed by atoms with van der Waals surface area (Å²) in [5.41, 5.74) is 3.24. The van der Waals surface area contributed by atoms with E-state index in [9.17, 15) is 18.0 Å². The molecular weight excluding hydrogens is 599 g/mol. The zero-order valence-electron chi connectivity index (χ0n) is 25.1. The van der Waals surface area contributed by atoms with Crippen molar-refractivity contribution < 1.29 is 22.7 Å². The zero-order chi connectivity index (χ0) is 31.4. The van der Waals surface area contributed by atoms with Gasteiger partial charge in [-0.3, -0.25) is 24.8 Å². The number of carbonyl (C=O) groups is 2. The molecule has 1 fully saturated rings. The number of benzene rings is 2. The maximum absolute atomic E-state index is 13.4. The second kappa shape index (κ2) is 13.2. The molecule has 2 amide bonds. The van der Waals surface area contributed by atoms with Gasteiger partial charge < -0.3 is 9.64 Å². The van der Waals surface area contributed by atoms with Crippen molar-refractivity contribution in [2.24, 2.45) is 0 Å². The SMILES string of the molecule is Cc1cccnc1-c1cc(Oc2ccc(S(C)(=O)=O)cc2)cc(C(=O)Nc2nc(CC(=O)N3CCN(C(C)C)CC3)cs2)c1. The third kappa shape index (κ3) is 7.68. The van der Waals surface area contributed by atoms with Gasteiger partial charge in [-0.05, 0) is 74.9 Å². The van der Waals surface area contributed by atoms with Gasteiger partial charge in [0, 0.05) is 61.2 Å². The molecule has 0 radical (unpaired) electrons. The predicted octanol–water partition coefficient (Wildman–Crippen LogP) is 5.06. The molecule has 0 saturated carbocycles. The number of sulfone groups is 1. The summed E-state index contributed by atoms with van der Waals surface area (Å²) in [5.74, 6) is 0.433. The fourth-order valence-corrected chi connectivity index (χ4v) is 6.31. The Morgan fingerprint density at radius 1 is 1.02 bits per heavy atom. The Balaban J connectivity index is 1.32. The monoisotopic (exact) mass is 633 g/mol. The first kappa shape index (κ1) is 31.3. The van der Waals surface area contributed by atoms with E-state index < -0.39 is 15.7 Å². The fraction of sp³-hybridized carbons (Fsp3) is 0.312. The second-order valence-corrected chi connectivity index (χ2v) is 13.9. The predicted molar refractivity (Wildman–Crippen MR) is 171 cm³/mol. The van der Waals surface area contributed by atoms with Crippen molar-refractivity contribution in [2.75, 3.05) is 37.8 Å². The van der Waals surface area contributed by atoms with E-state index in [2.05, 4.69) is 34.0 Å². The second-order valence-electron chi connectivity index (χ2n) is 11.0. The van der Waals surface area contributed by atoms with E-state index in [0.29, 0.717) is 58.3 Å². The minimum atomic E-state index is -3.35. The van der Waals surface area contributed by atoms with Crippen LogP contribution in [0.5, 0.6) is 11.5 Å². The smallest absolute Gasteiger partial charge is 0.257 e. The van der Waals surface area contributed by atoms with Crippen molar-refractivity contribution in [3.05, 3.63) is 83.0 Å². The Labute approximate surface area is 261 Å². The number of anilines is 1. The summed E-state index contributed by atoms with van der Waals surface area (Å²) in [6.07, 6.45) is 3.01. The third-order valence-electron chi connectivity index (χ3n) is 7.44. The highest BCUT2D eigenvalue weighted by atomic mass is 32.2. The normalized spacial score (nSPS) is 14.1. The Hall–Kier alpha value is -4.13. The van der Waals surface area contributed by atoms with Crippen LogP contribution in [0, 0.1) is 6.92 Å². The molecule has 0 aliphatic carbocycles. The van der Waals surface area contributed by atoms with Gasteiger partial charge in [0.25, 0.3) is 5.91 Å². The van der Waals surface area contributed by atoms with E-state index in [1.807, 2.05) is 24.0 Å². The van der Waals surface area contributed by atoms with Crippen molar-refractivity contribution in [1.29, 1.82) is 0 Å². The van der Waals surface area contributed by atoms with Gasteiger partial charge in [-0.15, -0.1) is 11.3 Å². The number of rotatable bonds is 9. The Morgan fingerprint density at radius 2 is 1.75 bits per heavy atom. The van der Waals surface area contributed by atoms with Gasteiger partial charge >= 0.3 is 0 Å². The zero-order valence-corrected chi connectivity index (χ0v) is 26.7. The Bertz CT molecular complexity index is 1760. The van der Waals surface area contributed by atoms with Crippen molar-refractivity contribution in [3.63, 3.8) is 0 Å². The molecule has 44 heavy (non-hydrogen) atoms. The number of aromatic nitrogens is 2. The van der Waals surface area contributed by atoms with Crippen LogP contribution in [0.1, 0.15) is 35.5 Å². The number of amides is 2. The van der Waals surface area contributed by atoms with Gasteiger partial charge in [-0.2, -0.15) is 0 Å². The number of nitrogens with one attached hydrogen (secondary N) is 1. The molecule has 230 valence electrons. The summed E-state index contributed by atoms with van der Waals surface area (Å²) in [5, 5.41) is 5.03.